The van der Waals surface area contributed by atoms with Gasteiger partial charge in [-0.05, 0) is 43.9 Å². The first-order chi connectivity index (χ1) is 10.7. The van der Waals surface area contributed by atoms with E-state index in [1.165, 1.54) is 0 Å². The summed E-state index contributed by atoms with van der Waals surface area (Å²) in [6.45, 7) is 6.13. The summed E-state index contributed by atoms with van der Waals surface area (Å²) in [4.78, 5) is 19.1. The average molecular weight is 302 g/mol. The van der Waals surface area contributed by atoms with Crippen LogP contribution in [0.15, 0.2) is 24.4 Å². The molecule has 3 heterocycles. The SMILES string of the molecule is C[C@@H]1CN(Cc2ccccn2)CC[C@H]1NC(=O)[C@H]1CCCN1. The minimum absolute atomic E-state index is 0.0266. The van der Waals surface area contributed by atoms with E-state index in [9.17, 15) is 4.79 Å². The van der Waals surface area contributed by atoms with Gasteiger partial charge in [0.25, 0.3) is 0 Å². The van der Waals surface area contributed by atoms with Gasteiger partial charge < -0.3 is 10.6 Å². The van der Waals surface area contributed by atoms with Gasteiger partial charge in [0.1, 0.15) is 0 Å². The summed E-state index contributed by atoms with van der Waals surface area (Å²) in [5.41, 5.74) is 1.12. The normalized spacial score (nSPS) is 29.4. The van der Waals surface area contributed by atoms with E-state index in [-0.39, 0.29) is 11.9 Å². The lowest BCUT2D eigenvalue weighted by molar-refractivity contribution is -0.124. The number of rotatable bonds is 4. The second-order valence-electron chi connectivity index (χ2n) is 6.59. The van der Waals surface area contributed by atoms with Crippen LogP contribution < -0.4 is 10.6 Å². The van der Waals surface area contributed by atoms with Crippen LogP contribution in [0, 0.1) is 5.92 Å². The number of hydrogen-bond acceptors (Lipinski definition) is 4. The van der Waals surface area contributed by atoms with Crippen LogP contribution in [0.3, 0.4) is 0 Å². The van der Waals surface area contributed by atoms with Crippen molar-refractivity contribution in [1.82, 2.24) is 20.5 Å². The summed E-state index contributed by atoms with van der Waals surface area (Å²) in [6, 6.07) is 6.39. The fraction of sp³-hybridized carbons (Fsp3) is 0.647. The molecule has 3 atom stereocenters. The molecule has 2 aliphatic rings. The number of pyridine rings is 1. The Morgan fingerprint density at radius 2 is 2.36 bits per heavy atom. The highest BCUT2D eigenvalue weighted by Gasteiger charge is 2.30. The second-order valence-corrected chi connectivity index (χ2v) is 6.59. The summed E-state index contributed by atoms with van der Waals surface area (Å²) in [7, 11) is 0. The van der Waals surface area contributed by atoms with E-state index in [1.54, 1.807) is 0 Å². The van der Waals surface area contributed by atoms with Crippen LogP contribution >= 0.6 is 0 Å². The van der Waals surface area contributed by atoms with Gasteiger partial charge in [-0.2, -0.15) is 0 Å². The van der Waals surface area contributed by atoms with E-state index in [0.717, 1.165) is 51.1 Å². The molecule has 3 rings (SSSR count). The molecular formula is C17H26N4O. The van der Waals surface area contributed by atoms with Crippen LogP contribution in [0.1, 0.15) is 31.9 Å². The molecule has 0 aliphatic carbocycles. The Labute approximate surface area is 132 Å². The lowest BCUT2D eigenvalue weighted by Gasteiger charge is -2.37. The highest BCUT2D eigenvalue weighted by atomic mass is 16.2. The molecular weight excluding hydrogens is 276 g/mol. The van der Waals surface area contributed by atoms with Gasteiger partial charge in [-0.25, -0.2) is 0 Å². The summed E-state index contributed by atoms with van der Waals surface area (Å²) in [5.74, 6) is 0.662. The maximum atomic E-state index is 12.2. The molecule has 0 radical (unpaired) electrons. The molecule has 2 aliphatic heterocycles. The van der Waals surface area contributed by atoms with Gasteiger partial charge in [0.15, 0.2) is 0 Å². The summed E-state index contributed by atoms with van der Waals surface area (Å²) >= 11 is 0. The van der Waals surface area contributed by atoms with Crippen LogP contribution in [-0.2, 0) is 11.3 Å². The lowest BCUT2D eigenvalue weighted by Crippen LogP contribution is -2.53. The van der Waals surface area contributed by atoms with Gasteiger partial charge in [0.2, 0.25) is 5.91 Å². The van der Waals surface area contributed by atoms with Gasteiger partial charge >= 0.3 is 0 Å². The summed E-state index contributed by atoms with van der Waals surface area (Å²) in [5, 5.41) is 6.52. The Morgan fingerprint density at radius 3 is 3.05 bits per heavy atom. The smallest absolute Gasteiger partial charge is 0.237 e. The number of hydrogen-bond donors (Lipinski definition) is 2. The third-order valence-corrected chi connectivity index (χ3v) is 4.81. The zero-order valence-corrected chi connectivity index (χ0v) is 13.3. The molecule has 2 N–H and O–H groups in total. The van der Waals surface area contributed by atoms with Crippen molar-refractivity contribution in [1.29, 1.82) is 0 Å². The van der Waals surface area contributed by atoms with Gasteiger partial charge in [0, 0.05) is 31.9 Å². The molecule has 0 saturated carbocycles. The standard InChI is InChI=1S/C17H26N4O/c1-13-11-21(12-14-5-2-3-8-18-14)10-7-15(13)20-17(22)16-6-4-9-19-16/h2-3,5,8,13,15-16,19H,4,6-7,9-12H2,1H3,(H,20,22)/t13-,15-,16-/m1/s1. The molecule has 0 unspecified atom stereocenters. The van der Waals surface area contributed by atoms with Crippen molar-refractivity contribution in [3.63, 3.8) is 0 Å². The first-order valence-electron chi connectivity index (χ1n) is 8.38. The molecule has 2 fully saturated rings. The molecule has 2 saturated heterocycles. The van der Waals surface area contributed by atoms with Crippen LogP contribution in [0.5, 0.6) is 0 Å². The average Bonchev–Trinajstić information content (AvgIpc) is 3.05. The highest BCUT2D eigenvalue weighted by Crippen LogP contribution is 2.19. The summed E-state index contributed by atoms with van der Waals surface area (Å²) in [6.07, 6.45) is 4.95. The molecule has 5 heteroatoms. The zero-order chi connectivity index (χ0) is 15.4. The van der Waals surface area contributed by atoms with Crippen molar-refractivity contribution in [2.45, 2.75) is 44.8 Å². The minimum Gasteiger partial charge on any atom is -0.352 e. The Balaban J connectivity index is 1.48. The quantitative estimate of drug-likeness (QED) is 0.876. The molecule has 1 amide bonds. The van der Waals surface area contributed by atoms with Gasteiger partial charge in [-0.1, -0.05) is 13.0 Å². The Hall–Kier alpha value is -1.46. The van der Waals surface area contributed by atoms with Crippen molar-refractivity contribution in [3.8, 4) is 0 Å². The van der Waals surface area contributed by atoms with Crippen LogP contribution in [0.4, 0.5) is 0 Å². The molecule has 0 bridgehead atoms. The number of nitrogens with one attached hydrogen (secondary N) is 2. The Morgan fingerprint density at radius 1 is 1.45 bits per heavy atom. The number of likely N-dealkylation sites (tertiary alicyclic amines) is 1. The molecule has 120 valence electrons. The van der Waals surface area contributed by atoms with Gasteiger partial charge in [-0.15, -0.1) is 0 Å². The maximum absolute atomic E-state index is 12.2. The van der Waals surface area contributed by atoms with Crippen molar-refractivity contribution in [2.24, 2.45) is 5.92 Å². The molecule has 5 nitrogen and oxygen atoms in total. The largest absolute Gasteiger partial charge is 0.352 e. The van der Waals surface area contributed by atoms with E-state index in [0.29, 0.717) is 12.0 Å². The number of carbonyl (C=O) groups is 1. The van der Waals surface area contributed by atoms with Crippen molar-refractivity contribution < 1.29 is 4.79 Å². The molecule has 0 aromatic carbocycles. The summed E-state index contributed by atoms with van der Waals surface area (Å²) < 4.78 is 0. The zero-order valence-electron chi connectivity index (χ0n) is 13.3. The predicted molar refractivity (Wildman–Crippen MR) is 86.3 cm³/mol. The first-order valence-corrected chi connectivity index (χ1v) is 8.38. The number of piperidine rings is 1. The van der Waals surface area contributed by atoms with E-state index < -0.39 is 0 Å². The van der Waals surface area contributed by atoms with E-state index in [1.807, 2.05) is 18.3 Å². The molecule has 0 spiro atoms. The van der Waals surface area contributed by atoms with Gasteiger partial charge in [0.05, 0.1) is 11.7 Å². The Bertz CT molecular complexity index is 487. The van der Waals surface area contributed by atoms with Crippen molar-refractivity contribution >= 4 is 5.91 Å². The van der Waals surface area contributed by atoms with E-state index in [4.69, 9.17) is 0 Å². The molecule has 1 aromatic rings. The van der Waals surface area contributed by atoms with Gasteiger partial charge in [-0.3, -0.25) is 14.7 Å². The number of amides is 1. The fourth-order valence-electron chi connectivity index (χ4n) is 3.50. The monoisotopic (exact) mass is 302 g/mol. The fourth-order valence-corrected chi connectivity index (χ4v) is 3.50. The highest BCUT2D eigenvalue weighted by molar-refractivity contribution is 5.82. The Kier molecular flexibility index (Phi) is 5.05. The molecule has 1 aromatic heterocycles. The van der Waals surface area contributed by atoms with Crippen LogP contribution in [0.2, 0.25) is 0 Å². The molecule has 22 heavy (non-hydrogen) atoms. The lowest BCUT2D eigenvalue weighted by atomic mass is 9.93. The van der Waals surface area contributed by atoms with Crippen LogP contribution in [0.25, 0.3) is 0 Å². The van der Waals surface area contributed by atoms with E-state index >= 15 is 0 Å². The van der Waals surface area contributed by atoms with Crippen LogP contribution in [-0.4, -0.2) is 47.5 Å². The van der Waals surface area contributed by atoms with Crippen molar-refractivity contribution in [2.75, 3.05) is 19.6 Å². The number of nitrogens with zero attached hydrogens (tertiary/aromatic N) is 2. The maximum Gasteiger partial charge on any atom is 0.237 e. The topological polar surface area (TPSA) is 57.3 Å². The number of carbonyl (C=O) groups excluding carboxylic acids is 1. The van der Waals surface area contributed by atoms with E-state index in [2.05, 4.69) is 33.5 Å². The second kappa shape index (κ2) is 7.20. The minimum atomic E-state index is 0.0266. The first kappa shape index (κ1) is 15.4. The predicted octanol–water partition coefficient (Wildman–Crippen LogP) is 1.16. The third-order valence-electron chi connectivity index (χ3n) is 4.81. The van der Waals surface area contributed by atoms with Crippen molar-refractivity contribution in [3.05, 3.63) is 30.1 Å². The number of aromatic nitrogens is 1. The third kappa shape index (κ3) is 3.84.